The highest BCUT2D eigenvalue weighted by Crippen LogP contribution is 2.13. The lowest BCUT2D eigenvalue weighted by Crippen LogP contribution is -2.38. The molecule has 1 aromatic rings. The van der Waals surface area contributed by atoms with E-state index in [1.807, 2.05) is 26.1 Å². The molecule has 0 unspecified atom stereocenters. The van der Waals surface area contributed by atoms with Gasteiger partial charge in [-0.15, -0.1) is 0 Å². The van der Waals surface area contributed by atoms with Gasteiger partial charge >= 0.3 is 12.0 Å². The van der Waals surface area contributed by atoms with E-state index in [2.05, 4.69) is 20.9 Å². The Kier molecular flexibility index (Phi) is 7.29. The lowest BCUT2D eigenvalue weighted by atomic mass is 10.2. The third-order valence-corrected chi connectivity index (χ3v) is 3.11. The molecule has 2 amide bonds. The molecule has 1 rings (SSSR count). The van der Waals surface area contributed by atoms with Crippen molar-refractivity contribution in [3.05, 3.63) is 22.5 Å². The van der Waals surface area contributed by atoms with Crippen LogP contribution in [0, 0.1) is 10.1 Å². The first-order valence-corrected chi connectivity index (χ1v) is 8.10. The van der Waals surface area contributed by atoms with Gasteiger partial charge < -0.3 is 19.6 Å². The maximum absolute atomic E-state index is 11.7. The molecule has 0 aliphatic rings. The lowest BCUT2D eigenvalue weighted by molar-refractivity contribution is -0.397. The minimum absolute atomic E-state index is 0.00520. The van der Waals surface area contributed by atoms with Crippen molar-refractivity contribution >= 4 is 33.9 Å². The summed E-state index contributed by atoms with van der Waals surface area (Å²) in [5.74, 6) is -0.944. The molecule has 0 radical (unpaired) electrons. The van der Waals surface area contributed by atoms with Crippen LogP contribution in [0.5, 0.6) is 0 Å². The second-order valence-electron chi connectivity index (χ2n) is 5.77. The van der Waals surface area contributed by atoms with E-state index < -0.39 is 28.6 Å². The van der Waals surface area contributed by atoms with Gasteiger partial charge in [-0.25, -0.2) is 9.36 Å². The molecule has 0 spiro atoms. The molecule has 1 aromatic heterocycles. The Morgan fingerprint density at radius 2 is 2.17 bits per heavy atom. The number of hydrogen-bond donors (Lipinski definition) is 1. The van der Waals surface area contributed by atoms with Crippen LogP contribution in [0.4, 0.5) is 10.7 Å². The van der Waals surface area contributed by atoms with Crippen LogP contribution in [-0.2, 0) is 20.8 Å². The summed E-state index contributed by atoms with van der Waals surface area (Å²) in [6, 6.07) is 0. The fraction of sp³-hybridized carbons (Fsp3) is 0.615. The zero-order valence-electron chi connectivity index (χ0n) is 13.5. The van der Waals surface area contributed by atoms with Gasteiger partial charge in [0.25, 0.3) is 0 Å². The smallest absolute Gasteiger partial charge is 0.434 e. The number of amides is 2. The first-order valence-electron chi connectivity index (χ1n) is 6.98. The van der Waals surface area contributed by atoms with Crippen molar-refractivity contribution in [2.45, 2.75) is 39.0 Å². The van der Waals surface area contributed by atoms with Gasteiger partial charge in [-0.1, -0.05) is 20.9 Å². The molecule has 11 heteroatoms. The molecule has 134 valence electrons. The number of imidazole rings is 1. The van der Waals surface area contributed by atoms with Crippen molar-refractivity contribution in [1.29, 1.82) is 0 Å². The van der Waals surface area contributed by atoms with Crippen molar-refractivity contribution in [2.75, 3.05) is 11.9 Å². The molecule has 0 bridgehead atoms. The largest absolute Gasteiger partial charge is 0.440 e. The van der Waals surface area contributed by atoms with Crippen LogP contribution in [0.1, 0.15) is 20.8 Å². The number of alkyl halides is 1. The maximum Gasteiger partial charge on any atom is 0.434 e. The van der Waals surface area contributed by atoms with Crippen LogP contribution in [0.3, 0.4) is 0 Å². The monoisotopic (exact) mass is 406 g/mol. The molecular weight excluding hydrogens is 388 g/mol. The normalized spacial score (nSPS) is 12.5. The molecule has 24 heavy (non-hydrogen) atoms. The molecule has 0 saturated heterocycles. The molecule has 0 saturated carbocycles. The average Bonchev–Trinajstić information content (AvgIpc) is 2.92. The molecule has 1 N–H and O–H groups in total. The van der Waals surface area contributed by atoms with Crippen LogP contribution in [0.25, 0.3) is 0 Å². The van der Waals surface area contributed by atoms with Gasteiger partial charge in [-0.2, -0.15) is 0 Å². The Labute approximate surface area is 146 Å². The lowest BCUT2D eigenvalue weighted by Gasteiger charge is -2.24. The number of carbonyl (C=O) groups excluding carboxylic acids is 2. The van der Waals surface area contributed by atoms with Crippen molar-refractivity contribution < 1.29 is 24.0 Å². The van der Waals surface area contributed by atoms with Gasteiger partial charge in [0, 0.05) is 0 Å². The van der Waals surface area contributed by atoms with Crippen LogP contribution < -0.4 is 5.32 Å². The number of nitro groups is 1. The zero-order valence-corrected chi connectivity index (χ0v) is 15.1. The van der Waals surface area contributed by atoms with E-state index in [0.717, 1.165) is 0 Å². The number of halogens is 1. The Morgan fingerprint density at radius 1 is 1.50 bits per heavy atom. The number of aromatic nitrogens is 2. The predicted octanol–water partition coefficient (Wildman–Crippen LogP) is 1.62. The summed E-state index contributed by atoms with van der Waals surface area (Å²) < 4.78 is 11.9. The van der Waals surface area contributed by atoms with E-state index in [1.165, 1.54) is 17.0 Å². The second kappa shape index (κ2) is 8.73. The number of ether oxygens (including phenoxy) is 2. The van der Waals surface area contributed by atoms with Crippen LogP contribution in [0.2, 0.25) is 0 Å². The highest BCUT2D eigenvalue weighted by atomic mass is 79.9. The number of imide groups is 1. The van der Waals surface area contributed by atoms with Crippen LogP contribution in [-0.4, -0.2) is 50.1 Å². The standard InChI is InChI=1S/C13H19BrN4O6/c1-13(2,3)23-8-9(24-12(20)16-10(19)6-14)7-17-5-4-15-11(17)18(21)22/h4-5,9H,6-8H2,1-3H3,(H,16,19,20)/t9-/m0/s1. The summed E-state index contributed by atoms with van der Waals surface area (Å²) in [7, 11) is 0. The molecule has 1 heterocycles. The molecular formula is C13H19BrN4O6. The van der Waals surface area contributed by atoms with Gasteiger partial charge in [0.2, 0.25) is 5.91 Å². The molecule has 0 fully saturated rings. The third-order valence-electron chi connectivity index (χ3n) is 2.60. The van der Waals surface area contributed by atoms with E-state index in [-0.39, 0.29) is 24.4 Å². The van der Waals surface area contributed by atoms with Gasteiger partial charge in [0.05, 0.1) is 17.5 Å². The van der Waals surface area contributed by atoms with Gasteiger partial charge in [0.1, 0.15) is 18.9 Å². The Balaban J connectivity index is 2.80. The number of nitrogens with zero attached hydrogens (tertiary/aromatic N) is 3. The Hall–Kier alpha value is -2.01. The maximum atomic E-state index is 11.7. The first-order chi connectivity index (χ1) is 11.1. The zero-order chi connectivity index (χ0) is 18.3. The first kappa shape index (κ1) is 20.0. The highest BCUT2D eigenvalue weighted by molar-refractivity contribution is 9.09. The number of carbonyl (C=O) groups is 2. The Bertz CT molecular complexity index is 598. The van der Waals surface area contributed by atoms with E-state index in [1.54, 1.807) is 0 Å². The Morgan fingerprint density at radius 3 is 2.71 bits per heavy atom. The fourth-order valence-corrected chi connectivity index (χ4v) is 1.77. The molecule has 1 atom stereocenters. The summed E-state index contributed by atoms with van der Waals surface area (Å²) in [5, 5.41) is 12.9. The van der Waals surface area contributed by atoms with Gasteiger partial charge in [0.15, 0.2) is 6.10 Å². The number of rotatable bonds is 7. The molecule has 0 aromatic carbocycles. The minimum atomic E-state index is -0.954. The SMILES string of the molecule is CC(C)(C)OC[C@H](Cn1ccnc1[N+](=O)[O-])OC(=O)NC(=O)CBr. The molecule has 0 aliphatic heterocycles. The summed E-state index contributed by atoms with van der Waals surface area (Å²) in [4.78, 5) is 36.8. The fourth-order valence-electron chi connectivity index (χ4n) is 1.63. The third kappa shape index (κ3) is 7.04. The number of nitrogens with one attached hydrogen (secondary N) is 1. The van der Waals surface area contributed by atoms with Gasteiger partial charge in [-0.3, -0.25) is 10.1 Å². The highest BCUT2D eigenvalue weighted by Gasteiger charge is 2.24. The molecule has 10 nitrogen and oxygen atoms in total. The minimum Gasteiger partial charge on any atom is -0.440 e. The van der Waals surface area contributed by atoms with Crippen molar-refractivity contribution in [3.63, 3.8) is 0 Å². The van der Waals surface area contributed by atoms with E-state index >= 15 is 0 Å². The topological polar surface area (TPSA) is 126 Å². The quantitative estimate of drug-likeness (QED) is 0.414. The average molecular weight is 407 g/mol. The van der Waals surface area contributed by atoms with Crippen LogP contribution >= 0.6 is 15.9 Å². The van der Waals surface area contributed by atoms with Crippen molar-refractivity contribution in [3.8, 4) is 0 Å². The molecule has 0 aliphatic carbocycles. The van der Waals surface area contributed by atoms with Crippen molar-refractivity contribution in [2.24, 2.45) is 0 Å². The predicted molar refractivity (Wildman–Crippen MR) is 86.8 cm³/mol. The summed E-state index contributed by atoms with van der Waals surface area (Å²) >= 11 is 2.91. The second-order valence-corrected chi connectivity index (χ2v) is 6.33. The summed E-state index contributed by atoms with van der Waals surface area (Å²) in [5.41, 5.74) is -0.495. The van der Waals surface area contributed by atoms with E-state index in [4.69, 9.17) is 9.47 Å². The number of hydrogen-bond acceptors (Lipinski definition) is 7. The van der Waals surface area contributed by atoms with E-state index in [0.29, 0.717) is 0 Å². The number of alkyl carbamates (subject to hydrolysis) is 1. The summed E-state index contributed by atoms with van der Waals surface area (Å²) in [6.07, 6.45) is 0.867. The summed E-state index contributed by atoms with van der Waals surface area (Å²) in [6.45, 7) is 5.41. The van der Waals surface area contributed by atoms with Gasteiger partial charge in [-0.05, 0) is 25.7 Å². The van der Waals surface area contributed by atoms with E-state index in [9.17, 15) is 19.7 Å². The van der Waals surface area contributed by atoms with Crippen molar-refractivity contribution in [1.82, 2.24) is 14.9 Å². The van der Waals surface area contributed by atoms with Crippen LogP contribution in [0.15, 0.2) is 12.4 Å².